The Balaban J connectivity index is 1.61. The molecular weight excluding hydrogens is 392 g/mol. The standard InChI is InChI=1S/C22H20N8O/c1-3-14-8-15(21(23)31)4-5-19(14)30-22-17(10-27-30)20(6-7-24-22)29-12-18(25-13-29)16-9-26-28(2)11-16/h4-13H,3H2,1-2H3,(H2,23,31). The van der Waals surface area contributed by atoms with Crippen molar-refractivity contribution in [2.45, 2.75) is 13.3 Å². The van der Waals surface area contributed by atoms with Crippen LogP contribution < -0.4 is 5.73 Å². The Kier molecular flexibility index (Phi) is 4.36. The summed E-state index contributed by atoms with van der Waals surface area (Å²) in [6.07, 6.45) is 11.7. The Morgan fingerprint density at radius 2 is 1.94 bits per heavy atom. The third-order valence-electron chi connectivity index (χ3n) is 5.28. The lowest BCUT2D eigenvalue weighted by molar-refractivity contribution is 0.1000. The van der Waals surface area contributed by atoms with E-state index in [0.717, 1.165) is 45.6 Å². The Hall–Kier alpha value is -4.27. The van der Waals surface area contributed by atoms with Gasteiger partial charge < -0.3 is 10.3 Å². The third-order valence-corrected chi connectivity index (χ3v) is 5.28. The Bertz CT molecular complexity index is 1420. The number of hydrogen-bond acceptors (Lipinski definition) is 5. The zero-order valence-electron chi connectivity index (χ0n) is 17.1. The molecule has 31 heavy (non-hydrogen) atoms. The molecule has 0 spiro atoms. The van der Waals surface area contributed by atoms with E-state index in [1.54, 1.807) is 40.3 Å². The highest BCUT2D eigenvalue weighted by atomic mass is 16.1. The molecule has 0 aliphatic carbocycles. The third kappa shape index (κ3) is 3.16. The summed E-state index contributed by atoms with van der Waals surface area (Å²) in [5.41, 5.74) is 11.2. The highest BCUT2D eigenvalue weighted by molar-refractivity contribution is 5.93. The second-order valence-corrected chi connectivity index (χ2v) is 7.25. The monoisotopic (exact) mass is 412 g/mol. The van der Waals surface area contributed by atoms with Crippen LogP contribution in [0.4, 0.5) is 0 Å². The van der Waals surface area contributed by atoms with Crippen LogP contribution in [0.1, 0.15) is 22.8 Å². The zero-order valence-corrected chi connectivity index (χ0v) is 17.1. The first-order valence-corrected chi connectivity index (χ1v) is 9.84. The van der Waals surface area contributed by atoms with E-state index in [0.29, 0.717) is 5.56 Å². The van der Waals surface area contributed by atoms with Crippen molar-refractivity contribution in [2.75, 3.05) is 0 Å². The largest absolute Gasteiger partial charge is 0.366 e. The van der Waals surface area contributed by atoms with Gasteiger partial charge in [-0.25, -0.2) is 14.6 Å². The zero-order chi connectivity index (χ0) is 21.5. The fourth-order valence-electron chi connectivity index (χ4n) is 3.70. The molecule has 0 unspecified atom stereocenters. The Morgan fingerprint density at radius 1 is 1.06 bits per heavy atom. The van der Waals surface area contributed by atoms with Crippen LogP contribution in [0.5, 0.6) is 0 Å². The Morgan fingerprint density at radius 3 is 2.68 bits per heavy atom. The molecule has 1 amide bonds. The SMILES string of the molecule is CCc1cc(C(N)=O)ccc1-n1ncc2c(-n3cnc(-c4cnn(C)c4)c3)ccnc21. The minimum Gasteiger partial charge on any atom is -0.366 e. The van der Waals surface area contributed by atoms with Gasteiger partial charge in [-0.2, -0.15) is 10.2 Å². The fourth-order valence-corrected chi connectivity index (χ4v) is 3.70. The van der Waals surface area contributed by atoms with Gasteiger partial charge in [0, 0.05) is 36.8 Å². The number of nitrogens with zero attached hydrogens (tertiary/aromatic N) is 7. The molecule has 9 heteroatoms. The number of amides is 1. The van der Waals surface area contributed by atoms with Crippen LogP contribution in [0.15, 0.2) is 61.6 Å². The quantitative estimate of drug-likeness (QED) is 0.477. The molecule has 1 aromatic carbocycles. The molecule has 0 bridgehead atoms. The predicted octanol–water partition coefficient (Wildman–Crippen LogP) is 2.67. The molecular formula is C22H20N8O. The molecule has 0 aliphatic rings. The van der Waals surface area contributed by atoms with Gasteiger partial charge in [0.15, 0.2) is 5.65 Å². The number of carbonyl (C=O) groups is 1. The van der Waals surface area contributed by atoms with Crippen molar-refractivity contribution >= 4 is 16.9 Å². The van der Waals surface area contributed by atoms with Crippen LogP contribution in [0.3, 0.4) is 0 Å². The van der Waals surface area contributed by atoms with Crippen LogP contribution >= 0.6 is 0 Å². The highest BCUT2D eigenvalue weighted by Crippen LogP contribution is 2.26. The van der Waals surface area contributed by atoms with Crippen LogP contribution in [0, 0.1) is 0 Å². The molecule has 154 valence electrons. The number of imidazole rings is 1. The molecule has 4 aromatic heterocycles. The van der Waals surface area contributed by atoms with Gasteiger partial charge in [-0.05, 0) is 36.2 Å². The number of aromatic nitrogens is 7. The molecule has 5 aromatic rings. The summed E-state index contributed by atoms with van der Waals surface area (Å²) in [4.78, 5) is 20.6. The smallest absolute Gasteiger partial charge is 0.248 e. The number of pyridine rings is 1. The van der Waals surface area contributed by atoms with Gasteiger partial charge in [-0.1, -0.05) is 6.92 Å². The summed E-state index contributed by atoms with van der Waals surface area (Å²) in [7, 11) is 1.88. The van der Waals surface area contributed by atoms with Crippen molar-refractivity contribution in [3.63, 3.8) is 0 Å². The molecule has 0 fully saturated rings. The number of primary amides is 1. The summed E-state index contributed by atoms with van der Waals surface area (Å²) in [6.45, 7) is 2.03. The van der Waals surface area contributed by atoms with Gasteiger partial charge in [0.1, 0.15) is 0 Å². The second kappa shape index (κ2) is 7.21. The number of nitrogens with two attached hydrogens (primary N) is 1. The van der Waals surface area contributed by atoms with E-state index in [9.17, 15) is 4.79 Å². The number of rotatable bonds is 5. The van der Waals surface area contributed by atoms with Crippen molar-refractivity contribution in [1.82, 2.24) is 34.1 Å². The molecule has 0 radical (unpaired) electrons. The number of aryl methyl sites for hydroxylation is 2. The van der Waals surface area contributed by atoms with Crippen molar-refractivity contribution in [3.8, 4) is 22.6 Å². The molecule has 5 rings (SSSR count). The van der Waals surface area contributed by atoms with Gasteiger partial charge in [0.2, 0.25) is 5.91 Å². The maximum Gasteiger partial charge on any atom is 0.248 e. The van der Waals surface area contributed by atoms with Crippen LogP contribution in [-0.2, 0) is 13.5 Å². The van der Waals surface area contributed by atoms with Crippen molar-refractivity contribution in [2.24, 2.45) is 12.8 Å². The summed E-state index contributed by atoms with van der Waals surface area (Å²) in [5, 5.41) is 9.69. The van der Waals surface area contributed by atoms with Gasteiger partial charge in [0.25, 0.3) is 0 Å². The maximum atomic E-state index is 11.6. The minimum absolute atomic E-state index is 0.448. The molecule has 2 N–H and O–H groups in total. The van der Waals surface area contributed by atoms with Crippen LogP contribution in [0.2, 0.25) is 0 Å². The first kappa shape index (κ1) is 18.7. The first-order valence-electron chi connectivity index (χ1n) is 9.84. The molecule has 9 nitrogen and oxygen atoms in total. The lowest BCUT2D eigenvalue weighted by Crippen LogP contribution is -2.12. The van der Waals surface area contributed by atoms with Crippen molar-refractivity contribution in [3.05, 3.63) is 72.7 Å². The molecule has 0 aliphatic heterocycles. The fraction of sp³-hybridized carbons (Fsp3) is 0.136. The van der Waals surface area contributed by atoms with E-state index in [2.05, 4.69) is 20.2 Å². The highest BCUT2D eigenvalue weighted by Gasteiger charge is 2.15. The van der Waals surface area contributed by atoms with E-state index in [1.165, 1.54) is 0 Å². The van der Waals surface area contributed by atoms with Crippen LogP contribution in [-0.4, -0.2) is 40.0 Å². The average molecular weight is 412 g/mol. The molecule has 0 saturated carbocycles. The normalized spacial score (nSPS) is 11.3. The number of carbonyl (C=O) groups excluding carboxylic acids is 1. The predicted molar refractivity (Wildman–Crippen MR) is 116 cm³/mol. The van der Waals surface area contributed by atoms with Crippen molar-refractivity contribution in [1.29, 1.82) is 0 Å². The summed E-state index contributed by atoms with van der Waals surface area (Å²) in [5.74, 6) is -0.448. The average Bonchev–Trinajstić information content (AvgIpc) is 3.52. The lowest BCUT2D eigenvalue weighted by Gasteiger charge is -2.10. The minimum atomic E-state index is -0.448. The first-order chi connectivity index (χ1) is 15.0. The number of fused-ring (bicyclic) bond motifs is 1. The topological polar surface area (TPSA) is 109 Å². The van der Waals surface area contributed by atoms with E-state index in [4.69, 9.17) is 5.73 Å². The second-order valence-electron chi connectivity index (χ2n) is 7.25. The number of hydrogen-bond donors (Lipinski definition) is 1. The lowest BCUT2D eigenvalue weighted by atomic mass is 10.1. The van der Waals surface area contributed by atoms with E-state index < -0.39 is 5.91 Å². The van der Waals surface area contributed by atoms with Crippen molar-refractivity contribution < 1.29 is 4.79 Å². The number of benzene rings is 1. The van der Waals surface area contributed by atoms with Gasteiger partial charge in [-0.3, -0.25) is 9.48 Å². The van der Waals surface area contributed by atoms with E-state index in [1.807, 2.05) is 49.1 Å². The summed E-state index contributed by atoms with van der Waals surface area (Å²) < 4.78 is 5.49. The van der Waals surface area contributed by atoms with Gasteiger partial charge in [0.05, 0.1) is 41.2 Å². The molecule has 0 saturated heterocycles. The van der Waals surface area contributed by atoms with E-state index in [-0.39, 0.29) is 0 Å². The molecule has 4 heterocycles. The molecule has 0 atom stereocenters. The maximum absolute atomic E-state index is 11.6. The Labute approximate surface area is 177 Å². The van der Waals surface area contributed by atoms with E-state index >= 15 is 0 Å². The summed E-state index contributed by atoms with van der Waals surface area (Å²) >= 11 is 0. The van der Waals surface area contributed by atoms with Gasteiger partial charge >= 0.3 is 0 Å². The van der Waals surface area contributed by atoms with Gasteiger partial charge in [-0.15, -0.1) is 0 Å². The summed E-state index contributed by atoms with van der Waals surface area (Å²) in [6, 6.07) is 7.31. The van der Waals surface area contributed by atoms with Crippen LogP contribution in [0.25, 0.3) is 33.7 Å².